The number of benzene rings is 2. The van der Waals surface area contributed by atoms with Gasteiger partial charge in [0.05, 0.1) is 10.6 Å². The van der Waals surface area contributed by atoms with Crippen LogP contribution in [0.2, 0.25) is 0 Å². The van der Waals surface area contributed by atoms with E-state index in [1.54, 1.807) is 19.1 Å². The molecule has 182 valence electrons. The molecular formula is C28H35NO4S. The van der Waals surface area contributed by atoms with Crippen LogP contribution in [0.1, 0.15) is 51.2 Å². The van der Waals surface area contributed by atoms with Gasteiger partial charge in [-0.25, -0.2) is 13.2 Å². The smallest absolute Gasteiger partial charge is 0.333 e. The molecule has 2 aromatic carbocycles. The minimum Gasteiger partial charge on any atom is -0.459 e. The lowest BCUT2D eigenvalue weighted by Gasteiger charge is -2.33. The van der Waals surface area contributed by atoms with E-state index < -0.39 is 9.84 Å². The highest BCUT2D eigenvalue weighted by molar-refractivity contribution is 7.91. The Morgan fingerprint density at radius 1 is 1.06 bits per heavy atom. The number of piperidine rings is 1. The summed E-state index contributed by atoms with van der Waals surface area (Å²) >= 11 is 0. The summed E-state index contributed by atoms with van der Waals surface area (Å²) < 4.78 is 30.5. The van der Waals surface area contributed by atoms with Crippen LogP contribution < -0.4 is 4.90 Å². The second-order valence-electron chi connectivity index (χ2n) is 9.16. The third-order valence-corrected chi connectivity index (χ3v) is 8.23. The van der Waals surface area contributed by atoms with Gasteiger partial charge in [-0.2, -0.15) is 0 Å². The highest BCUT2D eigenvalue weighted by Gasteiger charge is 2.22. The molecule has 3 rings (SSSR count). The van der Waals surface area contributed by atoms with Crippen molar-refractivity contribution in [3.63, 3.8) is 0 Å². The number of sulfone groups is 1. The van der Waals surface area contributed by atoms with E-state index in [4.69, 9.17) is 4.74 Å². The number of ether oxygens (including phenoxy) is 1. The molecular weight excluding hydrogens is 446 g/mol. The predicted octanol–water partition coefficient (Wildman–Crippen LogP) is 5.76. The van der Waals surface area contributed by atoms with Crippen LogP contribution in [0, 0.1) is 5.92 Å². The van der Waals surface area contributed by atoms with Gasteiger partial charge in [-0.1, -0.05) is 63.3 Å². The molecule has 0 aliphatic carbocycles. The maximum atomic E-state index is 12.5. The monoisotopic (exact) mass is 481 g/mol. The molecule has 1 unspecified atom stereocenters. The van der Waals surface area contributed by atoms with E-state index in [1.807, 2.05) is 38.1 Å². The summed E-state index contributed by atoms with van der Waals surface area (Å²) in [5, 5.41) is 0. The van der Waals surface area contributed by atoms with Crippen molar-refractivity contribution in [3.8, 4) is 0 Å². The first kappa shape index (κ1) is 25.8. The highest BCUT2D eigenvalue weighted by Crippen LogP contribution is 2.23. The van der Waals surface area contributed by atoms with Gasteiger partial charge < -0.3 is 9.64 Å². The van der Waals surface area contributed by atoms with Gasteiger partial charge >= 0.3 is 5.97 Å². The molecule has 5 nitrogen and oxygen atoms in total. The number of esters is 1. The maximum absolute atomic E-state index is 12.5. The van der Waals surface area contributed by atoms with Gasteiger partial charge in [0, 0.05) is 37.2 Å². The average molecular weight is 482 g/mol. The van der Waals surface area contributed by atoms with Crippen LogP contribution in [-0.4, -0.2) is 39.3 Å². The van der Waals surface area contributed by atoms with Crippen LogP contribution in [0.5, 0.6) is 0 Å². The fraction of sp³-hybridized carbons (Fsp3) is 0.393. The molecule has 1 aliphatic rings. The van der Waals surface area contributed by atoms with Gasteiger partial charge in [0.1, 0.15) is 6.10 Å². The fourth-order valence-electron chi connectivity index (χ4n) is 3.85. The number of nitrogens with zero attached hydrogens (tertiary/aromatic N) is 1. The van der Waals surface area contributed by atoms with Crippen LogP contribution in [0.25, 0.3) is 12.2 Å². The third kappa shape index (κ3) is 7.07. The number of carbonyl (C=O) groups excluding carboxylic acids is 1. The van der Waals surface area contributed by atoms with E-state index in [0.717, 1.165) is 49.2 Å². The Hall–Kier alpha value is -2.86. The molecule has 0 radical (unpaired) electrons. The van der Waals surface area contributed by atoms with Crippen molar-refractivity contribution < 1.29 is 17.9 Å². The molecule has 34 heavy (non-hydrogen) atoms. The zero-order valence-electron chi connectivity index (χ0n) is 20.4. The topological polar surface area (TPSA) is 63.7 Å². The van der Waals surface area contributed by atoms with Gasteiger partial charge in [0.25, 0.3) is 0 Å². The van der Waals surface area contributed by atoms with Crippen molar-refractivity contribution in [1.82, 2.24) is 0 Å². The number of hydrogen-bond acceptors (Lipinski definition) is 5. The molecule has 1 atom stereocenters. The molecule has 1 aliphatic heterocycles. The first-order valence-electron chi connectivity index (χ1n) is 11.9. The minimum absolute atomic E-state index is 0.0425. The third-order valence-electron chi connectivity index (χ3n) is 6.23. The van der Waals surface area contributed by atoms with Crippen LogP contribution in [0.4, 0.5) is 5.69 Å². The van der Waals surface area contributed by atoms with Gasteiger partial charge in [0.2, 0.25) is 0 Å². The molecule has 1 saturated heterocycles. The predicted molar refractivity (Wildman–Crippen MR) is 139 cm³/mol. The number of carbonyl (C=O) groups is 1. The molecule has 1 fully saturated rings. The quantitative estimate of drug-likeness (QED) is 0.259. The first-order valence-corrected chi connectivity index (χ1v) is 13.6. The zero-order chi connectivity index (χ0) is 24.7. The van der Waals surface area contributed by atoms with Crippen LogP contribution in [-0.2, 0) is 19.4 Å². The van der Waals surface area contributed by atoms with Crippen molar-refractivity contribution in [2.24, 2.45) is 5.92 Å². The Balaban J connectivity index is 1.55. The summed E-state index contributed by atoms with van der Waals surface area (Å²) in [7, 11) is -3.24. The fourth-order valence-corrected chi connectivity index (χ4v) is 5.58. The Morgan fingerprint density at radius 2 is 1.59 bits per heavy atom. The summed E-state index contributed by atoms with van der Waals surface area (Å²) in [6, 6.07) is 15.4. The molecule has 2 aromatic rings. The second-order valence-corrected chi connectivity index (χ2v) is 11.2. The van der Waals surface area contributed by atoms with Crippen molar-refractivity contribution in [3.05, 3.63) is 71.8 Å². The number of rotatable bonds is 9. The Kier molecular flexibility index (Phi) is 8.72. The summed E-state index contributed by atoms with van der Waals surface area (Å²) in [5.41, 5.74) is 3.62. The zero-order valence-corrected chi connectivity index (χ0v) is 21.2. The second kappa shape index (κ2) is 11.5. The number of anilines is 1. The lowest BCUT2D eigenvalue weighted by Crippen LogP contribution is -2.37. The molecule has 0 N–H and O–H groups in total. The molecule has 0 bridgehead atoms. The first-order chi connectivity index (χ1) is 16.2. The molecule has 0 saturated carbocycles. The molecule has 6 heteroatoms. The average Bonchev–Trinajstić information content (AvgIpc) is 2.83. The van der Waals surface area contributed by atoms with Crippen LogP contribution in [0.15, 0.2) is 65.6 Å². The maximum Gasteiger partial charge on any atom is 0.333 e. The van der Waals surface area contributed by atoms with Gasteiger partial charge in [-0.05, 0) is 48.2 Å². The lowest BCUT2D eigenvalue weighted by molar-refractivity contribution is -0.145. The number of hydrogen-bond donors (Lipinski definition) is 0. The van der Waals surface area contributed by atoms with Crippen molar-refractivity contribution in [2.45, 2.75) is 51.0 Å². The normalized spacial score (nSPS) is 15.9. The molecule has 0 aromatic heterocycles. The Labute approximate surface area is 204 Å². The SMILES string of the molecule is C=C(C)C(=O)OC1CCN(c2ccc(/C=C/c3ccc(S(=O)(=O)CC(C)CC)cc3)cc2)CC1. The molecule has 0 amide bonds. The Bertz CT molecular complexity index is 1110. The van der Waals surface area contributed by atoms with Crippen molar-refractivity contribution in [2.75, 3.05) is 23.7 Å². The van der Waals surface area contributed by atoms with Gasteiger partial charge in [-0.15, -0.1) is 0 Å². The van der Waals surface area contributed by atoms with Crippen molar-refractivity contribution in [1.29, 1.82) is 0 Å². The standard InChI is InChI=1S/C28H35NO4S/c1-5-22(4)20-34(31,32)27-14-10-24(11-15-27)7-6-23-8-12-25(13-9-23)29-18-16-26(17-19-29)33-28(30)21(2)3/h6-15,22,26H,2,5,16-20H2,1,3-4H3/b7-6+. The van der Waals surface area contributed by atoms with Crippen LogP contribution >= 0.6 is 0 Å². The van der Waals surface area contributed by atoms with E-state index in [9.17, 15) is 13.2 Å². The van der Waals surface area contributed by atoms with E-state index >= 15 is 0 Å². The summed E-state index contributed by atoms with van der Waals surface area (Å²) in [6.45, 7) is 11.0. The van der Waals surface area contributed by atoms with Crippen LogP contribution in [0.3, 0.4) is 0 Å². The van der Waals surface area contributed by atoms with E-state index in [2.05, 4.69) is 35.7 Å². The Morgan fingerprint density at radius 3 is 2.09 bits per heavy atom. The van der Waals surface area contributed by atoms with Gasteiger partial charge in [-0.3, -0.25) is 0 Å². The summed E-state index contributed by atoms with van der Waals surface area (Å²) in [5.74, 6) is 0.0254. The highest BCUT2D eigenvalue weighted by atomic mass is 32.2. The van der Waals surface area contributed by atoms with E-state index in [0.29, 0.717) is 10.5 Å². The van der Waals surface area contributed by atoms with E-state index in [-0.39, 0.29) is 23.7 Å². The summed E-state index contributed by atoms with van der Waals surface area (Å²) in [6.07, 6.45) is 6.44. The van der Waals surface area contributed by atoms with Gasteiger partial charge in [0.15, 0.2) is 9.84 Å². The minimum atomic E-state index is -3.24. The molecule has 1 heterocycles. The summed E-state index contributed by atoms with van der Waals surface area (Å²) in [4.78, 5) is 14.4. The van der Waals surface area contributed by atoms with Crippen molar-refractivity contribution >= 4 is 33.6 Å². The lowest BCUT2D eigenvalue weighted by atomic mass is 10.1. The van der Waals surface area contributed by atoms with E-state index in [1.165, 1.54) is 0 Å². The largest absolute Gasteiger partial charge is 0.459 e. The molecule has 0 spiro atoms.